The third kappa shape index (κ3) is 4.44. The Labute approximate surface area is 120 Å². The molecule has 0 amide bonds. The van der Waals surface area contributed by atoms with Gasteiger partial charge in [0.05, 0.1) is 19.2 Å². The monoisotopic (exact) mass is 303 g/mol. The van der Waals surface area contributed by atoms with Crippen molar-refractivity contribution in [3.8, 4) is 6.07 Å². The van der Waals surface area contributed by atoms with E-state index in [1.54, 1.807) is 0 Å². The van der Waals surface area contributed by atoms with Crippen molar-refractivity contribution in [1.82, 2.24) is 9.21 Å². The fourth-order valence-electron chi connectivity index (χ4n) is 2.19. The second kappa shape index (κ2) is 7.57. The zero-order chi connectivity index (χ0) is 15.2. The van der Waals surface area contributed by atoms with Gasteiger partial charge in [-0.1, -0.05) is 13.3 Å². The molecule has 1 saturated heterocycles. The van der Waals surface area contributed by atoms with Crippen LogP contribution >= 0.6 is 0 Å². The van der Waals surface area contributed by atoms with Crippen LogP contribution in [0, 0.1) is 11.3 Å². The smallest absolute Gasteiger partial charge is 0.322 e. The lowest BCUT2D eigenvalue weighted by molar-refractivity contribution is -0.137. The van der Waals surface area contributed by atoms with Crippen molar-refractivity contribution < 1.29 is 17.9 Å². The lowest BCUT2D eigenvalue weighted by Gasteiger charge is -2.36. The van der Waals surface area contributed by atoms with Gasteiger partial charge in [0.25, 0.3) is 0 Å². The number of hydrogen-bond acceptors (Lipinski definition) is 6. The predicted octanol–water partition coefficient (Wildman–Crippen LogP) is -0.201. The maximum absolute atomic E-state index is 12.0. The van der Waals surface area contributed by atoms with Gasteiger partial charge in [0.2, 0.25) is 10.0 Å². The van der Waals surface area contributed by atoms with E-state index in [2.05, 4.69) is 10.8 Å². The van der Waals surface area contributed by atoms with Crippen LogP contribution in [-0.4, -0.2) is 68.7 Å². The first-order chi connectivity index (χ1) is 9.44. The molecule has 0 aliphatic carbocycles. The molecule has 1 heterocycles. The molecule has 0 bridgehead atoms. The molecule has 0 spiro atoms. The Morgan fingerprint density at radius 1 is 1.35 bits per heavy atom. The molecule has 0 aromatic heterocycles. The van der Waals surface area contributed by atoms with Crippen LogP contribution in [-0.2, 0) is 19.6 Å². The predicted molar refractivity (Wildman–Crippen MR) is 73.3 cm³/mol. The summed E-state index contributed by atoms with van der Waals surface area (Å²) in [6, 6.07) is 2.09. The van der Waals surface area contributed by atoms with Crippen LogP contribution < -0.4 is 0 Å². The molecule has 0 aromatic rings. The summed E-state index contributed by atoms with van der Waals surface area (Å²) >= 11 is 0. The summed E-state index contributed by atoms with van der Waals surface area (Å²) in [5, 5.41) is 9.10. The fourth-order valence-corrected chi connectivity index (χ4v) is 3.51. The second-order valence-corrected chi connectivity index (χ2v) is 6.67. The highest BCUT2D eigenvalue weighted by atomic mass is 32.2. The van der Waals surface area contributed by atoms with Crippen molar-refractivity contribution in [3.05, 3.63) is 0 Å². The van der Waals surface area contributed by atoms with E-state index < -0.39 is 21.7 Å². The molecule has 1 unspecified atom stereocenters. The molecule has 0 N–H and O–H groups in total. The van der Waals surface area contributed by atoms with E-state index in [1.165, 1.54) is 4.31 Å². The minimum atomic E-state index is -3.61. The van der Waals surface area contributed by atoms with Crippen molar-refractivity contribution in [3.63, 3.8) is 0 Å². The molecule has 114 valence electrons. The SMILES string of the molecule is CCCC(C#N)N1CCN(S(=O)(=O)CC(=O)OC)CC1. The van der Waals surface area contributed by atoms with E-state index in [9.17, 15) is 13.2 Å². The zero-order valence-electron chi connectivity index (χ0n) is 11.9. The molecule has 1 fully saturated rings. The number of sulfonamides is 1. The highest BCUT2D eigenvalue weighted by molar-refractivity contribution is 7.89. The minimum absolute atomic E-state index is 0.162. The van der Waals surface area contributed by atoms with Gasteiger partial charge < -0.3 is 4.74 Å². The van der Waals surface area contributed by atoms with Gasteiger partial charge in [-0.15, -0.1) is 0 Å². The number of rotatable bonds is 6. The number of nitriles is 1. The maximum atomic E-state index is 12.0. The number of carbonyl (C=O) groups excluding carboxylic acids is 1. The van der Waals surface area contributed by atoms with Gasteiger partial charge in [0.1, 0.15) is 0 Å². The van der Waals surface area contributed by atoms with Crippen molar-refractivity contribution >= 4 is 16.0 Å². The summed E-state index contributed by atoms with van der Waals surface area (Å²) in [5.74, 6) is -1.38. The van der Waals surface area contributed by atoms with Crippen molar-refractivity contribution in [2.24, 2.45) is 0 Å². The number of esters is 1. The summed E-state index contributed by atoms with van der Waals surface area (Å²) in [7, 11) is -2.45. The van der Waals surface area contributed by atoms with Crippen LogP contribution in [0.25, 0.3) is 0 Å². The van der Waals surface area contributed by atoms with E-state index in [0.29, 0.717) is 26.2 Å². The van der Waals surface area contributed by atoms with Gasteiger partial charge in [0.15, 0.2) is 5.75 Å². The van der Waals surface area contributed by atoms with Gasteiger partial charge in [-0.25, -0.2) is 8.42 Å². The second-order valence-electron chi connectivity index (χ2n) is 4.70. The number of piperazine rings is 1. The van der Waals surface area contributed by atoms with Crippen molar-refractivity contribution in [1.29, 1.82) is 5.26 Å². The molecule has 1 aliphatic heterocycles. The number of nitrogens with zero attached hydrogens (tertiary/aromatic N) is 3. The van der Waals surface area contributed by atoms with Gasteiger partial charge in [0, 0.05) is 26.2 Å². The standard InChI is InChI=1S/C12H21N3O4S/c1-3-4-11(9-13)14-5-7-15(8-6-14)20(17,18)10-12(16)19-2/h11H,3-8,10H2,1-2H3. The summed E-state index contributed by atoms with van der Waals surface area (Å²) in [6.45, 7) is 3.65. The maximum Gasteiger partial charge on any atom is 0.322 e. The van der Waals surface area contributed by atoms with Crippen LogP contribution in [0.1, 0.15) is 19.8 Å². The average Bonchev–Trinajstić information content (AvgIpc) is 2.44. The number of methoxy groups -OCH3 is 1. The summed E-state index contributed by atoms with van der Waals surface area (Å²) in [6.07, 6.45) is 1.70. The Morgan fingerprint density at radius 2 is 1.95 bits per heavy atom. The Bertz CT molecular complexity index is 464. The molecule has 1 aliphatic rings. The third-order valence-corrected chi connectivity index (χ3v) is 5.10. The minimum Gasteiger partial charge on any atom is -0.468 e. The molecule has 0 saturated carbocycles. The first-order valence-corrected chi connectivity index (χ1v) is 8.23. The lowest BCUT2D eigenvalue weighted by atomic mass is 10.1. The highest BCUT2D eigenvalue weighted by Gasteiger charge is 2.31. The highest BCUT2D eigenvalue weighted by Crippen LogP contribution is 2.13. The number of hydrogen-bond donors (Lipinski definition) is 0. The van der Waals surface area contributed by atoms with E-state index in [1.807, 2.05) is 11.8 Å². The summed E-state index contributed by atoms with van der Waals surface area (Å²) in [5.41, 5.74) is 0. The zero-order valence-corrected chi connectivity index (χ0v) is 12.7. The fraction of sp³-hybridized carbons (Fsp3) is 0.833. The molecule has 20 heavy (non-hydrogen) atoms. The van der Waals surface area contributed by atoms with Gasteiger partial charge in [-0.3, -0.25) is 9.69 Å². The van der Waals surface area contributed by atoms with E-state index >= 15 is 0 Å². The van der Waals surface area contributed by atoms with E-state index in [0.717, 1.165) is 20.0 Å². The summed E-state index contributed by atoms with van der Waals surface area (Å²) in [4.78, 5) is 13.1. The topological polar surface area (TPSA) is 90.7 Å². The lowest BCUT2D eigenvalue weighted by Crippen LogP contribution is -2.52. The van der Waals surface area contributed by atoms with Crippen molar-refractivity contribution in [2.45, 2.75) is 25.8 Å². The third-order valence-electron chi connectivity index (χ3n) is 3.35. The molecule has 1 rings (SSSR count). The van der Waals surface area contributed by atoms with Gasteiger partial charge >= 0.3 is 5.97 Å². The average molecular weight is 303 g/mol. The van der Waals surface area contributed by atoms with Crippen LogP contribution in [0.15, 0.2) is 0 Å². The Balaban J connectivity index is 2.58. The Morgan fingerprint density at radius 3 is 2.40 bits per heavy atom. The first kappa shape index (κ1) is 16.9. The number of carbonyl (C=O) groups is 1. The van der Waals surface area contributed by atoms with Gasteiger partial charge in [-0.2, -0.15) is 9.57 Å². The van der Waals surface area contributed by atoms with E-state index in [4.69, 9.17) is 5.26 Å². The molecule has 8 heteroatoms. The molecule has 7 nitrogen and oxygen atoms in total. The molecule has 0 aromatic carbocycles. The number of ether oxygens (including phenoxy) is 1. The molecular formula is C12H21N3O4S. The van der Waals surface area contributed by atoms with Crippen LogP contribution in [0.3, 0.4) is 0 Å². The first-order valence-electron chi connectivity index (χ1n) is 6.63. The Hall–Kier alpha value is -1.17. The molecular weight excluding hydrogens is 282 g/mol. The quantitative estimate of drug-likeness (QED) is 0.631. The van der Waals surface area contributed by atoms with Crippen LogP contribution in [0.5, 0.6) is 0 Å². The molecule has 0 radical (unpaired) electrons. The van der Waals surface area contributed by atoms with E-state index in [-0.39, 0.29) is 6.04 Å². The van der Waals surface area contributed by atoms with Crippen LogP contribution in [0.2, 0.25) is 0 Å². The largest absolute Gasteiger partial charge is 0.468 e. The van der Waals surface area contributed by atoms with Crippen LogP contribution in [0.4, 0.5) is 0 Å². The molecule has 1 atom stereocenters. The normalized spacial score (nSPS) is 19.2. The summed E-state index contributed by atoms with van der Waals surface area (Å²) < 4.78 is 29.6. The van der Waals surface area contributed by atoms with Gasteiger partial charge in [-0.05, 0) is 6.42 Å². The van der Waals surface area contributed by atoms with Crippen molar-refractivity contribution in [2.75, 3.05) is 39.0 Å². The Kier molecular flexibility index (Phi) is 6.39.